The van der Waals surface area contributed by atoms with Crippen LogP contribution in [0.3, 0.4) is 0 Å². The molecule has 2 fully saturated rings. The first-order valence-electron chi connectivity index (χ1n) is 8.52. The molecule has 2 aliphatic heterocycles. The molecule has 7 heteroatoms. The zero-order valence-electron chi connectivity index (χ0n) is 14.1. The van der Waals surface area contributed by atoms with Gasteiger partial charge in [-0.3, -0.25) is 4.79 Å². The molecule has 1 amide bonds. The molecule has 1 aromatic rings. The molecule has 2 heterocycles. The zero-order chi connectivity index (χ0) is 18.0. The second-order valence-corrected chi connectivity index (χ2v) is 6.84. The highest BCUT2D eigenvalue weighted by Gasteiger charge is 2.41. The van der Waals surface area contributed by atoms with Gasteiger partial charge < -0.3 is 26.5 Å². The number of halogens is 1. The van der Waals surface area contributed by atoms with Crippen LogP contribution in [0, 0.1) is 5.41 Å². The fourth-order valence-electron chi connectivity index (χ4n) is 3.26. The minimum absolute atomic E-state index is 0.0115. The standard InChI is InChI=1S/C18H23ClN4O2/c1-2-3-13(20)15(19)16(21)18(24)23-11-6-4-10(5-7-11)17-14-8-12(25-17)9-22-14/h4-7,12,14,17,20,22H,2-3,8-9,21H2,1H3,(H,23,24)/b16-15+,20-13?/t12-,14-,17+/m1/s1. The summed E-state index contributed by atoms with van der Waals surface area (Å²) in [6.45, 7) is 2.86. The Morgan fingerprint density at radius 1 is 1.44 bits per heavy atom. The molecule has 6 nitrogen and oxygen atoms in total. The van der Waals surface area contributed by atoms with Gasteiger partial charge in [-0.25, -0.2) is 0 Å². The van der Waals surface area contributed by atoms with E-state index >= 15 is 0 Å². The summed E-state index contributed by atoms with van der Waals surface area (Å²) in [7, 11) is 0. The summed E-state index contributed by atoms with van der Waals surface area (Å²) in [5, 5.41) is 14.0. The number of ether oxygens (including phenoxy) is 1. The van der Waals surface area contributed by atoms with E-state index in [1.54, 1.807) is 0 Å². The van der Waals surface area contributed by atoms with Gasteiger partial charge in [-0.1, -0.05) is 37.1 Å². The van der Waals surface area contributed by atoms with Crippen molar-refractivity contribution in [3.8, 4) is 0 Å². The zero-order valence-corrected chi connectivity index (χ0v) is 14.9. The Morgan fingerprint density at radius 3 is 2.72 bits per heavy atom. The van der Waals surface area contributed by atoms with Gasteiger partial charge in [0.2, 0.25) is 0 Å². The van der Waals surface area contributed by atoms with Crippen LogP contribution in [-0.2, 0) is 9.53 Å². The highest BCUT2D eigenvalue weighted by molar-refractivity contribution is 6.45. The number of nitrogens with two attached hydrogens (primary N) is 1. The van der Waals surface area contributed by atoms with Crippen molar-refractivity contribution < 1.29 is 9.53 Å². The average Bonchev–Trinajstić information content (AvgIpc) is 3.24. The minimum atomic E-state index is -0.503. The van der Waals surface area contributed by atoms with E-state index in [1.807, 2.05) is 31.2 Å². The first kappa shape index (κ1) is 17.9. The largest absolute Gasteiger partial charge is 0.393 e. The average molecular weight is 363 g/mol. The fourth-order valence-corrected chi connectivity index (χ4v) is 3.44. The lowest BCUT2D eigenvalue weighted by Gasteiger charge is -2.23. The summed E-state index contributed by atoms with van der Waals surface area (Å²) in [5.74, 6) is -0.503. The van der Waals surface area contributed by atoms with E-state index in [9.17, 15) is 4.79 Å². The molecule has 0 saturated carbocycles. The number of benzene rings is 1. The molecule has 0 spiro atoms. The number of anilines is 1. The third-order valence-electron chi connectivity index (χ3n) is 4.57. The van der Waals surface area contributed by atoms with Crippen molar-refractivity contribution in [3.63, 3.8) is 0 Å². The van der Waals surface area contributed by atoms with Crippen molar-refractivity contribution in [1.29, 1.82) is 5.41 Å². The normalized spacial score (nSPS) is 25.6. The number of hydrogen-bond donors (Lipinski definition) is 4. The number of hydrogen-bond acceptors (Lipinski definition) is 5. The molecule has 0 radical (unpaired) electrons. The summed E-state index contributed by atoms with van der Waals surface area (Å²) in [6, 6.07) is 7.90. The topological polar surface area (TPSA) is 100 Å². The molecular weight excluding hydrogens is 340 g/mol. The molecular formula is C18H23ClN4O2. The van der Waals surface area contributed by atoms with Gasteiger partial charge >= 0.3 is 0 Å². The third-order valence-corrected chi connectivity index (χ3v) is 5.00. The Morgan fingerprint density at radius 2 is 2.16 bits per heavy atom. The van der Waals surface area contributed by atoms with Crippen molar-refractivity contribution >= 4 is 28.9 Å². The van der Waals surface area contributed by atoms with Crippen molar-refractivity contribution in [1.82, 2.24) is 5.32 Å². The lowest BCUT2D eigenvalue weighted by atomic mass is 10.0. The number of fused-ring (bicyclic) bond motifs is 2. The summed E-state index contributed by atoms with van der Waals surface area (Å²) in [6.07, 6.45) is 2.68. The predicted molar refractivity (Wildman–Crippen MR) is 98.8 cm³/mol. The van der Waals surface area contributed by atoms with Crippen LogP contribution >= 0.6 is 11.6 Å². The summed E-state index contributed by atoms with van der Waals surface area (Å²) in [5.41, 5.74) is 7.53. The highest BCUT2D eigenvalue weighted by atomic mass is 35.5. The number of allylic oxidation sites excluding steroid dienone is 1. The first-order valence-corrected chi connectivity index (χ1v) is 8.90. The molecule has 3 atom stereocenters. The predicted octanol–water partition coefficient (Wildman–Crippen LogP) is 2.66. The Bertz CT molecular complexity index is 702. The Labute approximate surface area is 152 Å². The Hall–Kier alpha value is -1.89. The molecule has 0 unspecified atom stereocenters. The van der Waals surface area contributed by atoms with Crippen LogP contribution < -0.4 is 16.4 Å². The molecule has 2 bridgehead atoms. The van der Waals surface area contributed by atoms with Crippen molar-refractivity contribution in [3.05, 3.63) is 40.6 Å². The Balaban J connectivity index is 1.64. The van der Waals surface area contributed by atoms with Gasteiger partial charge in [0.15, 0.2) is 0 Å². The van der Waals surface area contributed by atoms with Gasteiger partial charge in [0.25, 0.3) is 5.91 Å². The molecule has 2 saturated heterocycles. The maximum atomic E-state index is 12.2. The SMILES string of the molecule is CCCC(=N)/C(Cl)=C(\N)C(=O)Nc1ccc([C@@H]2O[C@H]3CN[C@@H]2C3)cc1. The summed E-state index contributed by atoms with van der Waals surface area (Å²) in [4.78, 5) is 12.2. The third kappa shape index (κ3) is 3.86. The number of nitrogens with one attached hydrogen (secondary N) is 3. The smallest absolute Gasteiger partial charge is 0.273 e. The van der Waals surface area contributed by atoms with E-state index in [2.05, 4.69) is 10.6 Å². The van der Waals surface area contributed by atoms with E-state index in [1.165, 1.54) is 0 Å². The van der Waals surface area contributed by atoms with Gasteiger partial charge in [0, 0.05) is 18.3 Å². The monoisotopic (exact) mass is 362 g/mol. The van der Waals surface area contributed by atoms with Crippen LogP contribution in [-0.4, -0.2) is 30.3 Å². The lowest BCUT2D eigenvalue weighted by molar-refractivity contribution is -0.112. The van der Waals surface area contributed by atoms with Gasteiger partial charge in [-0.15, -0.1) is 0 Å². The maximum absolute atomic E-state index is 12.2. The number of rotatable bonds is 6. The molecule has 0 aliphatic carbocycles. The van der Waals surface area contributed by atoms with E-state index in [0.29, 0.717) is 24.3 Å². The number of carbonyl (C=O) groups is 1. The molecule has 25 heavy (non-hydrogen) atoms. The van der Waals surface area contributed by atoms with Gasteiger partial charge in [-0.2, -0.15) is 0 Å². The Kier molecular flexibility index (Phi) is 5.42. The van der Waals surface area contributed by atoms with E-state index in [4.69, 9.17) is 27.5 Å². The van der Waals surface area contributed by atoms with Crippen molar-refractivity contribution in [2.45, 2.75) is 44.4 Å². The van der Waals surface area contributed by atoms with E-state index < -0.39 is 5.91 Å². The number of morpholine rings is 1. The molecule has 5 N–H and O–H groups in total. The number of carbonyl (C=O) groups excluding carboxylic acids is 1. The lowest BCUT2D eigenvalue weighted by Crippen LogP contribution is -2.33. The fraction of sp³-hybridized carbons (Fsp3) is 0.444. The van der Waals surface area contributed by atoms with Gasteiger partial charge in [0.05, 0.1) is 23.0 Å². The molecule has 0 aromatic heterocycles. The molecule has 1 aromatic carbocycles. The van der Waals surface area contributed by atoms with Crippen molar-refractivity contribution in [2.24, 2.45) is 5.73 Å². The molecule has 2 aliphatic rings. The van der Waals surface area contributed by atoms with Crippen LogP contribution in [0.25, 0.3) is 0 Å². The molecule has 134 valence electrons. The van der Waals surface area contributed by atoms with Crippen LogP contribution in [0.4, 0.5) is 5.69 Å². The quantitative estimate of drug-likeness (QED) is 0.461. The van der Waals surface area contributed by atoms with Crippen LogP contribution in [0.5, 0.6) is 0 Å². The van der Waals surface area contributed by atoms with E-state index in [0.717, 1.165) is 24.9 Å². The van der Waals surface area contributed by atoms with Crippen LogP contribution in [0.15, 0.2) is 35.0 Å². The molecule has 3 rings (SSSR count). The van der Waals surface area contributed by atoms with Crippen LogP contribution in [0.2, 0.25) is 0 Å². The van der Waals surface area contributed by atoms with Crippen LogP contribution in [0.1, 0.15) is 37.9 Å². The first-order chi connectivity index (χ1) is 12.0. The summed E-state index contributed by atoms with van der Waals surface area (Å²) >= 11 is 6.01. The summed E-state index contributed by atoms with van der Waals surface area (Å²) < 4.78 is 5.97. The van der Waals surface area contributed by atoms with Crippen molar-refractivity contribution in [2.75, 3.05) is 11.9 Å². The second-order valence-electron chi connectivity index (χ2n) is 6.46. The van der Waals surface area contributed by atoms with Gasteiger partial charge in [0.1, 0.15) is 5.70 Å². The minimum Gasteiger partial charge on any atom is -0.393 e. The highest BCUT2D eigenvalue weighted by Crippen LogP contribution is 2.37. The second kappa shape index (κ2) is 7.56. The number of amides is 1. The van der Waals surface area contributed by atoms with Gasteiger partial charge in [-0.05, 0) is 30.5 Å². The van der Waals surface area contributed by atoms with E-state index in [-0.39, 0.29) is 22.5 Å². The maximum Gasteiger partial charge on any atom is 0.273 e.